The summed E-state index contributed by atoms with van der Waals surface area (Å²) < 4.78 is 0. The lowest BCUT2D eigenvalue weighted by molar-refractivity contribution is 0.125. The molecule has 0 aromatic heterocycles. The fourth-order valence-corrected chi connectivity index (χ4v) is 3.90. The Bertz CT molecular complexity index is 381. The Morgan fingerprint density at radius 1 is 0.842 bits per heavy atom. The number of benzene rings is 1. The predicted molar refractivity (Wildman–Crippen MR) is 81.6 cm³/mol. The average molecular weight is 257 g/mol. The van der Waals surface area contributed by atoms with Crippen molar-refractivity contribution in [3.05, 3.63) is 35.4 Å². The summed E-state index contributed by atoms with van der Waals surface area (Å²) >= 11 is 0. The van der Waals surface area contributed by atoms with Gasteiger partial charge in [-0.1, -0.05) is 36.2 Å². The van der Waals surface area contributed by atoms with Gasteiger partial charge < -0.3 is 4.90 Å². The third kappa shape index (κ3) is 3.20. The second-order valence-corrected chi connectivity index (χ2v) is 6.51. The minimum Gasteiger partial charge on any atom is -0.300 e. The molecular formula is C18H27N. The van der Waals surface area contributed by atoms with E-state index >= 15 is 0 Å². The summed E-state index contributed by atoms with van der Waals surface area (Å²) in [7, 11) is 0. The number of rotatable bonds is 2. The number of nitrogens with zero attached hydrogens (tertiary/aromatic N) is 1. The van der Waals surface area contributed by atoms with Crippen LogP contribution in [0.1, 0.15) is 62.0 Å². The van der Waals surface area contributed by atoms with E-state index in [2.05, 4.69) is 36.1 Å². The molecule has 1 saturated carbocycles. The number of hydrogen-bond acceptors (Lipinski definition) is 1. The quantitative estimate of drug-likeness (QED) is 0.753. The van der Waals surface area contributed by atoms with E-state index in [1.165, 1.54) is 63.6 Å². The van der Waals surface area contributed by atoms with Crippen LogP contribution in [0.15, 0.2) is 24.3 Å². The molecule has 1 heterocycles. The van der Waals surface area contributed by atoms with Gasteiger partial charge in [0.2, 0.25) is 0 Å². The molecule has 104 valence electrons. The molecule has 19 heavy (non-hydrogen) atoms. The largest absolute Gasteiger partial charge is 0.300 e. The van der Waals surface area contributed by atoms with Gasteiger partial charge in [0.05, 0.1) is 0 Å². The normalized spacial score (nSPS) is 29.3. The summed E-state index contributed by atoms with van der Waals surface area (Å²) in [5.41, 5.74) is 2.95. The molecule has 2 aliphatic rings. The van der Waals surface area contributed by atoms with Crippen LogP contribution in [0.5, 0.6) is 0 Å². The molecule has 0 amide bonds. The first-order valence-corrected chi connectivity index (χ1v) is 8.13. The minimum absolute atomic E-state index is 0.821. The summed E-state index contributed by atoms with van der Waals surface area (Å²) in [6, 6.07) is 10.1. The molecule has 0 atom stereocenters. The van der Waals surface area contributed by atoms with Gasteiger partial charge in [-0.3, -0.25) is 0 Å². The SMILES string of the molecule is Cc1ccc(C2CCC(N3CCCCC3)CC2)cc1. The monoisotopic (exact) mass is 257 g/mol. The van der Waals surface area contributed by atoms with Gasteiger partial charge in [0.1, 0.15) is 0 Å². The fourth-order valence-electron chi connectivity index (χ4n) is 3.90. The van der Waals surface area contributed by atoms with Crippen molar-refractivity contribution < 1.29 is 0 Å². The summed E-state index contributed by atoms with van der Waals surface area (Å²) in [4.78, 5) is 2.77. The lowest BCUT2D eigenvalue weighted by Gasteiger charge is -2.39. The first kappa shape index (κ1) is 13.2. The number of piperidine rings is 1. The van der Waals surface area contributed by atoms with Crippen molar-refractivity contribution in [3.8, 4) is 0 Å². The highest BCUT2D eigenvalue weighted by molar-refractivity contribution is 5.24. The molecule has 1 aromatic carbocycles. The van der Waals surface area contributed by atoms with E-state index in [9.17, 15) is 0 Å². The first-order valence-electron chi connectivity index (χ1n) is 8.13. The number of likely N-dealkylation sites (tertiary alicyclic amines) is 1. The maximum Gasteiger partial charge on any atom is 0.00956 e. The Morgan fingerprint density at radius 3 is 2.11 bits per heavy atom. The Kier molecular flexibility index (Phi) is 4.22. The third-order valence-corrected chi connectivity index (χ3v) is 5.15. The van der Waals surface area contributed by atoms with Gasteiger partial charge in [0.25, 0.3) is 0 Å². The topological polar surface area (TPSA) is 3.24 Å². The molecule has 0 unspecified atom stereocenters. The van der Waals surface area contributed by atoms with Crippen molar-refractivity contribution in [1.82, 2.24) is 4.90 Å². The third-order valence-electron chi connectivity index (χ3n) is 5.15. The van der Waals surface area contributed by atoms with E-state index in [1.807, 2.05) is 0 Å². The van der Waals surface area contributed by atoms with Crippen LogP contribution in [0.4, 0.5) is 0 Å². The van der Waals surface area contributed by atoms with Crippen LogP contribution in [0.2, 0.25) is 0 Å². The van der Waals surface area contributed by atoms with Crippen molar-refractivity contribution in [1.29, 1.82) is 0 Å². The van der Waals surface area contributed by atoms with Crippen LogP contribution in [0, 0.1) is 6.92 Å². The molecule has 1 aromatic rings. The predicted octanol–water partition coefficient (Wildman–Crippen LogP) is 4.51. The molecule has 3 rings (SSSR count). The van der Waals surface area contributed by atoms with Crippen molar-refractivity contribution in [3.63, 3.8) is 0 Å². The number of hydrogen-bond donors (Lipinski definition) is 0. The lowest BCUT2D eigenvalue weighted by Crippen LogP contribution is -2.41. The molecule has 0 N–H and O–H groups in total. The summed E-state index contributed by atoms with van der Waals surface area (Å²) in [6.45, 7) is 4.90. The van der Waals surface area contributed by atoms with Gasteiger partial charge in [0, 0.05) is 6.04 Å². The maximum absolute atomic E-state index is 2.77. The van der Waals surface area contributed by atoms with Crippen LogP contribution in [0.25, 0.3) is 0 Å². The molecule has 1 aliphatic carbocycles. The van der Waals surface area contributed by atoms with Gasteiger partial charge in [0.15, 0.2) is 0 Å². The molecule has 0 spiro atoms. The highest BCUT2D eigenvalue weighted by Gasteiger charge is 2.27. The van der Waals surface area contributed by atoms with E-state index < -0.39 is 0 Å². The maximum atomic E-state index is 2.77. The van der Waals surface area contributed by atoms with Gasteiger partial charge in [-0.25, -0.2) is 0 Å². The lowest BCUT2D eigenvalue weighted by atomic mass is 9.80. The number of aryl methyl sites for hydroxylation is 1. The van der Waals surface area contributed by atoms with Crippen LogP contribution in [0.3, 0.4) is 0 Å². The second kappa shape index (κ2) is 6.09. The Labute approximate surface area is 118 Å². The zero-order chi connectivity index (χ0) is 13.1. The molecule has 1 nitrogen and oxygen atoms in total. The molecule has 0 radical (unpaired) electrons. The van der Waals surface area contributed by atoms with Crippen LogP contribution >= 0.6 is 0 Å². The van der Waals surface area contributed by atoms with Gasteiger partial charge >= 0.3 is 0 Å². The van der Waals surface area contributed by atoms with Crippen LogP contribution in [-0.4, -0.2) is 24.0 Å². The van der Waals surface area contributed by atoms with E-state index in [0.29, 0.717) is 0 Å². The summed E-state index contributed by atoms with van der Waals surface area (Å²) in [5.74, 6) is 0.821. The molecule has 2 fully saturated rings. The Balaban J connectivity index is 1.55. The van der Waals surface area contributed by atoms with Crippen molar-refractivity contribution in [2.45, 2.75) is 63.8 Å². The zero-order valence-electron chi connectivity index (χ0n) is 12.3. The van der Waals surface area contributed by atoms with Crippen molar-refractivity contribution in [2.24, 2.45) is 0 Å². The van der Waals surface area contributed by atoms with Gasteiger partial charge in [-0.15, -0.1) is 0 Å². The van der Waals surface area contributed by atoms with E-state index in [0.717, 1.165) is 12.0 Å². The van der Waals surface area contributed by atoms with Crippen LogP contribution in [-0.2, 0) is 0 Å². The summed E-state index contributed by atoms with van der Waals surface area (Å²) in [6.07, 6.45) is 9.93. The zero-order valence-corrected chi connectivity index (χ0v) is 12.3. The Hall–Kier alpha value is -0.820. The molecule has 1 aliphatic heterocycles. The first-order chi connectivity index (χ1) is 9.33. The smallest absolute Gasteiger partial charge is 0.00956 e. The average Bonchev–Trinajstić information content (AvgIpc) is 2.49. The van der Waals surface area contributed by atoms with E-state index in [4.69, 9.17) is 0 Å². The highest BCUT2D eigenvalue weighted by atomic mass is 15.2. The van der Waals surface area contributed by atoms with E-state index in [1.54, 1.807) is 5.56 Å². The minimum atomic E-state index is 0.821. The molecule has 0 bridgehead atoms. The van der Waals surface area contributed by atoms with Crippen LogP contribution < -0.4 is 0 Å². The van der Waals surface area contributed by atoms with Gasteiger partial charge in [-0.2, -0.15) is 0 Å². The second-order valence-electron chi connectivity index (χ2n) is 6.51. The standard InChI is InChI=1S/C18H27N/c1-15-5-7-16(8-6-15)17-9-11-18(12-10-17)19-13-3-2-4-14-19/h5-8,17-18H,2-4,9-14H2,1H3. The highest BCUT2D eigenvalue weighted by Crippen LogP contribution is 2.35. The summed E-state index contributed by atoms with van der Waals surface area (Å²) in [5, 5.41) is 0. The molecule has 1 saturated heterocycles. The molecule has 1 heteroatoms. The Morgan fingerprint density at radius 2 is 1.47 bits per heavy atom. The fraction of sp³-hybridized carbons (Fsp3) is 0.667. The van der Waals surface area contributed by atoms with Gasteiger partial charge in [-0.05, 0) is 70.0 Å². The molecular weight excluding hydrogens is 230 g/mol. The van der Waals surface area contributed by atoms with E-state index in [-0.39, 0.29) is 0 Å². The van der Waals surface area contributed by atoms with Crippen molar-refractivity contribution in [2.75, 3.05) is 13.1 Å². The van der Waals surface area contributed by atoms with Crippen molar-refractivity contribution >= 4 is 0 Å².